The van der Waals surface area contributed by atoms with Gasteiger partial charge in [0.25, 0.3) is 0 Å². The van der Waals surface area contributed by atoms with Gasteiger partial charge in [-0.1, -0.05) is 6.07 Å². The predicted molar refractivity (Wildman–Crippen MR) is 73.9 cm³/mol. The molecule has 0 unspecified atom stereocenters. The molecule has 0 aliphatic heterocycles. The average Bonchev–Trinajstić information content (AvgIpc) is 2.37. The zero-order valence-electron chi connectivity index (χ0n) is 11.5. The fraction of sp³-hybridized carbons (Fsp3) is 0.400. The van der Waals surface area contributed by atoms with E-state index in [0.29, 0.717) is 12.0 Å². The second-order valence-corrected chi connectivity index (χ2v) is 4.63. The summed E-state index contributed by atoms with van der Waals surface area (Å²) in [5.41, 5.74) is 4.58. The molecule has 0 saturated heterocycles. The highest BCUT2D eigenvalue weighted by atomic mass is 16.4. The van der Waals surface area contributed by atoms with Crippen LogP contribution in [0.15, 0.2) is 11.6 Å². The summed E-state index contributed by atoms with van der Waals surface area (Å²) >= 11 is 0. The van der Waals surface area contributed by atoms with Gasteiger partial charge >= 0.3 is 5.97 Å². The summed E-state index contributed by atoms with van der Waals surface area (Å²) in [6.45, 7) is 5.24. The van der Waals surface area contributed by atoms with Crippen molar-refractivity contribution < 1.29 is 20.1 Å². The Labute approximate surface area is 113 Å². The van der Waals surface area contributed by atoms with Gasteiger partial charge in [0.1, 0.15) is 0 Å². The second-order valence-electron chi connectivity index (χ2n) is 4.63. The van der Waals surface area contributed by atoms with Crippen LogP contribution in [0.1, 0.15) is 34.7 Å². The Balaban J connectivity index is 3.47. The molecule has 1 rings (SSSR count). The second kappa shape index (κ2) is 6.50. The maximum absolute atomic E-state index is 10.9. The van der Waals surface area contributed by atoms with Crippen LogP contribution in [0.3, 0.4) is 0 Å². The van der Waals surface area contributed by atoms with E-state index in [1.54, 1.807) is 6.08 Å². The Morgan fingerprint density at radius 1 is 1.32 bits per heavy atom. The van der Waals surface area contributed by atoms with E-state index in [1.165, 1.54) is 6.92 Å². The van der Waals surface area contributed by atoms with E-state index in [4.69, 9.17) is 10.2 Å². The van der Waals surface area contributed by atoms with Crippen LogP contribution in [-0.4, -0.2) is 27.9 Å². The van der Waals surface area contributed by atoms with Crippen molar-refractivity contribution in [3.05, 3.63) is 39.5 Å². The largest absolute Gasteiger partial charge is 0.478 e. The van der Waals surface area contributed by atoms with E-state index in [0.717, 1.165) is 22.3 Å². The molecule has 0 aliphatic carbocycles. The lowest BCUT2D eigenvalue weighted by atomic mass is 9.90. The van der Waals surface area contributed by atoms with Gasteiger partial charge in [-0.25, -0.2) is 4.79 Å². The third-order valence-electron chi connectivity index (χ3n) is 3.30. The molecule has 4 nitrogen and oxygen atoms in total. The molecule has 0 aliphatic rings. The van der Waals surface area contributed by atoms with Gasteiger partial charge in [-0.3, -0.25) is 0 Å². The number of hydrogen-bond acceptors (Lipinski definition) is 3. The molecular formula is C15H20O4. The average molecular weight is 264 g/mol. The van der Waals surface area contributed by atoms with Crippen molar-refractivity contribution in [1.82, 2.24) is 0 Å². The van der Waals surface area contributed by atoms with E-state index in [1.807, 2.05) is 19.9 Å². The number of hydrogen-bond donors (Lipinski definition) is 3. The molecule has 19 heavy (non-hydrogen) atoms. The molecule has 0 aromatic heterocycles. The van der Waals surface area contributed by atoms with Crippen LogP contribution in [0.25, 0.3) is 6.08 Å². The van der Waals surface area contributed by atoms with Crippen molar-refractivity contribution >= 4 is 12.0 Å². The van der Waals surface area contributed by atoms with Crippen LogP contribution in [-0.2, 0) is 17.8 Å². The number of aryl methyl sites for hydroxylation is 1. The van der Waals surface area contributed by atoms with Gasteiger partial charge in [-0.05, 0) is 61.1 Å². The fourth-order valence-electron chi connectivity index (χ4n) is 2.23. The molecule has 0 radical (unpaired) electrons. The summed E-state index contributed by atoms with van der Waals surface area (Å²) in [4.78, 5) is 10.9. The van der Waals surface area contributed by atoms with Gasteiger partial charge in [-0.15, -0.1) is 0 Å². The van der Waals surface area contributed by atoms with Gasteiger partial charge in [0.2, 0.25) is 0 Å². The SMILES string of the molecule is C/C(=C\c1c(CO)cc(C)c(CCO)c1C)C(=O)O. The van der Waals surface area contributed by atoms with Gasteiger partial charge in [0, 0.05) is 12.2 Å². The molecule has 0 fully saturated rings. The first-order valence-electron chi connectivity index (χ1n) is 6.17. The Morgan fingerprint density at radius 2 is 1.95 bits per heavy atom. The highest BCUT2D eigenvalue weighted by Gasteiger charge is 2.12. The number of carbonyl (C=O) groups is 1. The molecule has 104 valence electrons. The van der Waals surface area contributed by atoms with Crippen LogP contribution < -0.4 is 0 Å². The summed E-state index contributed by atoms with van der Waals surface area (Å²) in [5.74, 6) is -0.979. The minimum absolute atomic E-state index is 0.0429. The number of rotatable bonds is 5. The van der Waals surface area contributed by atoms with E-state index < -0.39 is 5.97 Å². The molecule has 1 aromatic carbocycles. The number of aliphatic hydroxyl groups is 2. The van der Waals surface area contributed by atoms with Gasteiger partial charge < -0.3 is 15.3 Å². The number of aliphatic carboxylic acids is 1. The van der Waals surface area contributed by atoms with Crippen molar-refractivity contribution in [3.8, 4) is 0 Å². The van der Waals surface area contributed by atoms with Crippen molar-refractivity contribution in [3.63, 3.8) is 0 Å². The fourth-order valence-corrected chi connectivity index (χ4v) is 2.23. The molecule has 0 atom stereocenters. The van der Waals surface area contributed by atoms with Crippen LogP contribution >= 0.6 is 0 Å². The Bertz CT molecular complexity index is 515. The molecule has 0 amide bonds. The smallest absolute Gasteiger partial charge is 0.331 e. The molecule has 3 N–H and O–H groups in total. The Kier molecular flexibility index (Phi) is 5.27. The molecular weight excluding hydrogens is 244 g/mol. The molecule has 4 heteroatoms. The first kappa shape index (κ1) is 15.4. The molecule has 0 heterocycles. The summed E-state index contributed by atoms with van der Waals surface area (Å²) in [6.07, 6.45) is 2.10. The maximum atomic E-state index is 10.9. The molecule has 1 aromatic rings. The zero-order valence-corrected chi connectivity index (χ0v) is 11.5. The third kappa shape index (κ3) is 3.43. The van der Waals surface area contributed by atoms with E-state index in [-0.39, 0.29) is 18.8 Å². The van der Waals surface area contributed by atoms with Crippen molar-refractivity contribution in [2.24, 2.45) is 0 Å². The number of aliphatic hydroxyl groups excluding tert-OH is 2. The van der Waals surface area contributed by atoms with Crippen molar-refractivity contribution in [2.45, 2.75) is 33.8 Å². The molecule has 0 bridgehead atoms. The van der Waals surface area contributed by atoms with Crippen LogP contribution in [0.2, 0.25) is 0 Å². The molecule has 0 saturated carbocycles. The summed E-state index contributed by atoms with van der Waals surface area (Å²) in [7, 11) is 0. The first-order valence-corrected chi connectivity index (χ1v) is 6.17. The standard InChI is InChI=1S/C15H20O4/c1-9-6-12(8-17)14(7-10(2)15(18)19)11(3)13(9)4-5-16/h6-7,16-17H,4-5,8H2,1-3H3,(H,18,19)/b10-7+. The Morgan fingerprint density at radius 3 is 2.42 bits per heavy atom. The van der Waals surface area contributed by atoms with Crippen molar-refractivity contribution in [1.29, 1.82) is 0 Å². The Hall–Kier alpha value is -1.65. The van der Waals surface area contributed by atoms with Crippen molar-refractivity contribution in [2.75, 3.05) is 6.61 Å². The quantitative estimate of drug-likeness (QED) is 0.709. The minimum atomic E-state index is -0.979. The summed E-state index contributed by atoms with van der Waals surface area (Å²) in [6, 6.07) is 1.85. The lowest BCUT2D eigenvalue weighted by Gasteiger charge is -2.16. The highest BCUT2D eigenvalue weighted by Crippen LogP contribution is 2.25. The topological polar surface area (TPSA) is 77.8 Å². The highest BCUT2D eigenvalue weighted by molar-refractivity contribution is 5.92. The number of benzene rings is 1. The maximum Gasteiger partial charge on any atom is 0.331 e. The van der Waals surface area contributed by atoms with Crippen LogP contribution in [0, 0.1) is 13.8 Å². The number of carboxylic acid groups (broad SMARTS) is 1. The zero-order chi connectivity index (χ0) is 14.6. The van der Waals surface area contributed by atoms with Crippen LogP contribution in [0.4, 0.5) is 0 Å². The number of carboxylic acids is 1. The van der Waals surface area contributed by atoms with E-state index >= 15 is 0 Å². The third-order valence-corrected chi connectivity index (χ3v) is 3.30. The van der Waals surface area contributed by atoms with E-state index in [9.17, 15) is 9.90 Å². The lowest BCUT2D eigenvalue weighted by molar-refractivity contribution is -0.132. The molecule has 0 spiro atoms. The predicted octanol–water partition coefficient (Wildman–Crippen LogP) is 1.82. The minimum Gasteiger partial charge on any atom is -0.478 e. The normalized spacial score (nSPS) is 11.7. The van der Waals surface area contributed by atoms with Gasteiger partial charge in [0.05, 0.1) is 6.61 Å². The summed E-state index contributed by atoms with van der Waals surface area (Å²) in [5, 5.41) is 27.5. The lowest BCUT2D eigenvalue weighted by Crippen LogP contribution is -2.05. The van der Waals surface area contributed by atoms with Gasteiger partial charge in [0.15, 0.2) is 0 Å². The first-order chi connectivity index (χ1) is 8.92. The summed E-state index contributed by atoms with van der Waals surface area (Å²) < 4.78 is 0. The van der Waals surface area contributed by atoms with E-state index in [2.05, 4.69) is 0 Å². The monoisotopic (exact) mass is 264 g/mol. The van der Waals surface area contributed by atoms with Gasteiger partial charge in [-0.2, -0.15) is 0 Å². The van der Waals surface area contributed by atoms with Crippen LogP contribution in [0.5, 0.6) is 0 Å².